The van der Waals surface area contributed by atoms with Crippen LogP contribution in [0.4, 0.5) is 5.82 Å². The average molecular weight is 289 g/mol. The van der Waals surface area contributed by atoms with E-state index in [4.69, 9.17) is 0 Å². The fourth-order valence-electron chi connectivity index (χ4n) is 2.03. The highest BCUT2D eigenvalue weighted by Gasteiger charge is 2.10. The van der Waals surface area contributed by atoms with Crippen molar-refractivity contribution in [3.63, 3.8) is 0 Å². The highest BCUT2D eigenvalue weighted by atomic mass is 32.1. The Labute approximate surface area is 120 Å². The third-order valence-corrected chi connectivity index (χ3v) is 4.05. The molecule has 104 valence electrons. The summed E-state index contributed by atoms with van der Waals surface area (Å²) in [7, 11) is 1.90. The van der Waals surface area contributed by atoms with Crippen LogP contribution in [0.3, 0.4) is 0 Å². The molecule has 0 aliphatic rings. The van der Waals surface area contributed by atoms with E-state index >= 15 is 0 Å². The summed E-state index contributed by atoms with van der Waals surface area (Å²) < 4.78 is 1.85. The van der Waals surface area contributed by atoms with Gasteiger partial charge in [0.05, 0.1) is 12.4 Å². The Balaban J connectivity index is 1.65. The van der Waals surface area contributed by atoms with Crippen molar-refractivity contribution >= 4 is 28.3 Å². The Hall–Kier alpha value is -1.99. The zero-order valence-electron chi connectivity index (χ0n) is 11.0. The zero-order chi connectivity index (χ0) is 13.9. The van der Waals surface area contributed by atoms with Gasteiger partial charge >= 0.3 is 0 Å². The van der Waals surface area contributed by atoms with Gasteiger partial charge in [0.25, 0.3) is 0 Å². The predicted octanol–water partition coefficient (Wildman–Crippen LogP) is 1.96. The van der Waals surface area contributed by atoms with Crippen LogP contribution < -0.4 is 5.32 Å². The van der Waals surface area contributed by atoms with Gasteiger partial charge in [-0.2, -0.15) is 0 Å². The topological polar surface area (TPSA) is 75.9 Å². The average Bonchev–Trinajstić information content (AvgIpc) is 3.10. The van der Waals surface area contributed by atoms with Crippen LogP contribution in [0.25, 0.3) is 11.2 Å². The highest BCUT2D eigenvalue weighted by molar-refractivity contribution is 7.10. The van der Waals surface area contributed by atoms with Crippen molar-refractivity contribution in [1.29, 1.82) is 0 Å². The number of anilines is 1. The Bertz CT molecular complexity index is 694. The lowest BCUT2D eigenvalue weighted by Crippen LogP contribution is -2.08. The summed E-state index contributed by atoms with van der Waals surface area (Å²) in [4.78, 5) is 13.7. The number of nitrogens with zero attached hydrogens (tertiary/aromatic N) is 4. The van der Waals surface area contributed by atoms with Crippen molar-refractivity contribution in [2.75, 3.05) is 11.9 Å². The standard InChI is InChI=1S/C13H15N5OS/c1-18-8-17-11-12(15-7-16-13(11)18)14-5-4-9(19)10-3-2-6-20-10/h2-3,6-9,19H,4-5H2,1H3,(H,14,15,16). The lowest BCUT2D eigenvalue weighted by molar-refractivity contribution is 0.175. The van der Waals surface area contributed by atoms with Gasteiger partial charge in [-0.15, -0.1) is 11.3 Å². The molecule has 3 heterocycles. The minimum Gasteiger partial charge on any atom is -0.388 e. The summed E-state index contributed by atoms with van der Waals surface area (Å²) >= 11 is 1.56. The minimum atomic E-state index is -0.441. The molecule has 0 spiro atoms. The fraction of sp³-hybridized carbons (Fsp3) is 0.308. The van der Waals surface area contributed by atoms with Gasteiger partial charge < -0.3 is 15.0 Å². The van der Waals surface area contributed by atoms with Crippen LogP contribution in [0.1, 0.15) is 17.4 Å². The third-order valence-electron chi connectivity index (χ3n) is 3.08. The Morgan fingerprint density at radius 2 is 2.30 bits per heavy atom. The van der Waals surface area contributed by atoms with E-state index in [1.54, 1.807) is 17.7 Å². The van der Waals surface area contributed by atoms with Gasteiger partial charge in [-0.3, -0.25) is 0 Å². The van der Waals surface area contributed by atoms with E-state index < -0.39 is 6.10 Å². The predicted molar refractivity (Wildman–Crippen MR) is 78.7 cm³/mol. The molecule has 20 heavy (non-hydrogen) atoms. The molecule has 0 bridgehead atoms. The van der Waals surface area contributed by atoms with Crippen LogP contribution in [0, 0.1) is 0 Å². The number of aliphatic hydroxyl groups excluding tert-OH is 1. The first kappa shape index (κ1) is 13.0. The molecule has 0 fully saturated rings. The number of hydrogen-bond acceptors (Lipinski definition) is 6. The molecule has 0 aromatic carbocycles. The number of thiophene rings is 1. The van der Waals surface area contributed by atoms with Crippen molar-refractivity contribution in [3.05, 3.63) is 35.0 Å². The van der Waals surface area contributed by atoms with E-state index in [1.807, 2.05) is 29.1 Å². The van der Waals surface area contributed by atoms with Crippen LogP contribution in [0.5, 0.6) is 0 Å². The summed E-state index contributed by atoms with van der Waals surface area (Å²) in [5.74, 6) is 0.703. The van der Waals surface area contributed by atoms with Crippen LogP contribution in [-0.2, 0) is 7.05 Å². The molecule has 0 amide bonds. The van der Waals surface area contributed by atoms with Crippen molar-refractivity contribution in [1.82, 2.24) is 19.5 Å². The number of hydrogen-bond donors (Lipinski definition) is 2. The molecule has 2 N–H and O–H groups in total. The maximum atomic E-state index is 10.0. The molecule has 3 aromatic heterocycles. The largest absolute Gasteiger partial charge is 0.388 e. The summed E-state index contributed by atoms with van der Waals surface area (Å²) in [6.45, 7) is 0.627. The second-order valence-corrected chi connectivity index (χ2v) is 5.48. The first-order valence-corrected chi connectivity index (χ1v) is 7.21. The van der Waals surface area contributed by atoms with E-state index in [9.17, 15) is 5.11 Å². The molecule has 0 saturated carbocycles. The molecule has 0 aliphatic carbocycles. The molecular formula is C13H15N5OS. The van der Waals surface area contributed by atoms with Crippen LogP contribution in [0.15, 0.2) is 30.2 Å². The van der Waals surface area contributed by atoms with E-state index in [2.05, 4.69) is 20.3 Å². The maximum absolute atomic E-state index is 10.0. The molecule has 1 atom stereocenters. The second-order valence-electron chi connectivity index (χ2n) is 4.50. The number of fused-ring (bicyclic) bond motifs is 1. The first-order chi connectivity index (χ1) is 9.75. The van der Waals surface area contributed by atoms with Gasteiger partial charge in [0, 0.05) is 18.5 Å². The van der Waals surface area contributed by atoms with Gasteiger partial charge in [-0.25, -0.2) is 15.0 Å². The molecule has 6 nitrogen and oxygen atoms in total. The Morgan fingerprint density at radius 1 is 1.40 bits per heavy atom. The first-order valence-electron chi connectivity index (χ1n) is 6.33. The quantitative estimate of drug-likeness (QED) is 0.751. The normalized spacial score (nSPS) is 12.7. The van der Waals surface area contributed by atoms with Crippen molar-refractivity contribution in [3.8, 4) is 0 Å². The maximum Gasteiger partial charge on any atom is 0.165 e. The van der Waals surface area contributed by atoms with Gasteiger partial charge in [-0.1, -0.05) is 6.07 Å². The lowest BCUT2D eigenvalue weighted by atomic mass is 10.2. The molecule has 1 unspecified atom stereocenters. The summed E-state index contributed by atoms with van der Waals surface area (Å²) in [5.41, 5.74) is 1.54. The monoisotopic (exact) mass is 289 g/mol. The zero-order valence-corrected chi connectivity index (χ0v) is 11.8. The molecular weight excluding hydrogens is 274 g/mol. The lowest BCUT2D eigenvalue weighted by Gasteiger charge is -2.10. The number of nitrogens with one attached hydrogen (secondary N) is 1. The number of aromatic nitrogens is 4. The third kappa shape index (κ3) is 2.50. The van der Waals surface area contributed by atoms with Gasteiger partial charge in [0.15, 0.2) is 11.5 Å². The van der Waals surface area contributed by atoms with E-state index in [0.29, 0.717) is 18.8 Å². The number of rotatable bonds is 5. The van der Waals surface area contributed by atoms with Crippen LogP contribution in [-0.4, -0.2) is 31.2 Å². The summed E-state index contributed by atoms with van der Waals surface area (Å²) in [6.07, 6.45) is 3.41. The molecule has 3 aromatic rings. The Morgan fingerprint density at radius 3 is 3.10 bits per heavy atom. The fourth-order valence-corrected chi connectivity index (χ4v) is 2.77. The summed E-state index contributed by atoms with van der Waals surface area (Å²) in [6, 6.07) is 3.88. The van der Waals surface area contributed by atoms with Gasteiger partial charge in [-0.05, 0) is 17.9 Å². The number of aryl methyl sites for hydroxylation is 1. The van der Waals surface area contributed by atoms with E-state index in [1.165, 1.54) is 6.33 Å². The van der Waals surface area contributed by atoms with Crippen LogP contribution in [0.2, 0.25) is 0 Å². The smallest absolute Gasteiger partial charge is 0.165 e. The SMILES string of the molecule is Cn1cnc2c(NCCC(O)c3cccs3)ncnc21. The van der Waals surface area contributed by atoms with Gasteiger partial charge in [0.2, 0.25) is 0 Å². The summed E-state index contributed by atoms with van der Waals surface area (Å²) in [5, 5.41) is 15.2. The molecule has 7 heteroatoms. The minimum absolute atomic E-state index is 0.441. The van der Waals surface area contributed by atoms with E-state index in [-0.39, 0.29) is 0 Å². The van der Waals surface area contributed by atoms with Crippen LogP contribution >= 0.6 is 11.3 Å². The number of aliphatic hydroxyl groups is 1. The van der Waals surface area contributed by atoms with Gasteiger partial charge in [0.1, 0.15) is 11.8 Å². The molecule has 0 saturated heterocycles. The van der Waals surface area contributed by atoms with Crippen molar-refractivity contribution in [2.24, 2.45) is 7.05 Å². The van der Waals surface area contributed by atoms with Crippen molar-refractivity contribution < 1.29 is 5.11 Å². The Kier molecular flexibility index (Phi) is 3.62. The van der Waals surface area contributed by atoms with Crippen molar-refractivity contribution in [2.45, 2.75) is 12.5 Å². The second kappa shape index (κ2) is 5.56. The molecule has 3 rings (SSSR count). The highest BCUT2D eigenvalue weighted by Crippen LogP contribution is 2.22. The van der Waals surface area contributed by atoms with E-state index in [0.717, 1.165) is 16.0 Å². The molecule has 0 radical (unpaired) electrons. The molecule has 0 aliphatic heterocycles. The number of imidazole rings is 1.